The van der Waals surface area contributed by atoms with Crippen molar-refractivity contribution in [1.29, 1.82) is 0 Å². The summed E-state index contributed by atoms with van der Waals surface area (Å²) < 4.78 is 7.33. The second kappa shape index (κ2) is 7.25. The highest BCUT2D eigenvalue weighted by molar-refractivity contribution is 5.67. The molecule has 6 nitrogen and oxygen atoms in total. The van der Waals surface area contributed by atoms with Crippen LogP contribution in [-0.4, -0.2) is 27.1 Å². The first-order valence-electron chi connectivity index (χ1n) is 9.17. The lowest BCUT2D eigenvalue weighted by atomic mass is 9.91. The lowest BCUT2D eigenvalue weighted by molar-refractivity contribution is 0.131. The molecule has 0 bridgehead atoms. The Kier molecular flexibility index (Phi) is 4.68. The number of nitrogens with one attached hydrogen (secondary N) is 1. The SMILES string of the molecule is O=C(NC1CCC(n2cc(C3CC3)nn2)CC1)OCc1ccccc1. The van der Waals surface area contributed by atoms with E-state index in [1.54, 1.807) is 0 Å². The van der Waals surface area contributed by atoms with Gasteiger partial charge in [0.1, 0.15) is 6.61 Å². The molecular formula is C19H24N4O2. The minimum Gasteiger partial charge on any atom is -0.445 e. The van der Waals surface area contributed by atoms with Crippen molar-refractivity contribution in [2.24, 2.45) is 0 Å². The van der Waals surface area contributed by atoms with Crippen LogP contribution in [0.15, 0.2) is 36.5 Å². The van der Waals surface area contributed by atoms with Gasteiger partial charge in [0.15, 0.2) is 0 Å². The van der Waals surface area contributed by atoms with Crippen LogP contribution in [0.25, 0.3) is 0 Å². The molecule has 6 heteroatoms. The highest BCUT2D eigenvalue weighted by atomic mass is 16.5. The fourth-order valence-electron chi connectivity index (χ4n) is 3.45. The summed E-state index contributed by atoms with van der Waals surface area (Å²) in [4.78, 5) is 12.0. The van der Waals surface area contributed by atoms with Crippen molar-refractivity contribution in [2.45, 2.75) is 63.1 Å². The molecule has 2 aromatic rings. The average molecular weight is 340 g/mol. The number of carbonyl (C=O) groups is 1. The second-order valence-electron chi connectivity index (χ2n) is 7.11. The molecule has 0 saturated heterocycles. The van der Waals surface area contributed by atoms with E-state index in [0.717, 1.165) is 36.9 Å². The molecule has 1 aromatic heterocycles. The molecule has 1 aromatic carbocycles. The van der Waals surface area contributed by atoms with Gasteiger partial charge >= 0.3 is 6.09 Å². The third kappa shape index (κ3) is 4.18. The van der Waals surface area contributed by atoms with Crippen LogP contribution in [0.2, 0.25) is 0 Å². The van der Waals surface area contributed by atoms with Crippen molar-refractivity contribution in [3.63, 3.8) is 0 Å². The van der Waals surface area contributed by atoms with E-state index in [1.165, 1.54) is 12.8 Å². The Labute approximate surface area is 147 Å². The van der Waals surface area contributed by atoms with Crippen LogP contribution in [0, 0.1) is 0 Å². The van der Waals surface area contributed by atoms with Gasteiger partial charge in [-0.3, -0.25) is 0 Å². The summed E-state index contributed by atoms with van der Waals surface area (Å²) in [5.41, 5.74) is 2.14. The monoisotopic (exact) mass is 340 g/mol. The van der Waals surface area contributed by atoms with Crippen molar-refractivity contribution in [1.82, 2.24) is 20.3 Å². The normalized spacial score (nSPS) is 23.2. The number of benzene rings is 1. The van der Waals surface area contributed by atoms with Gasteiger partial charge in [0, 0.05) is 18.2 Å². The summed E-state index contributed by atoms with van der Waals surface area (Å²) in [6, 6.07) is 10.3. The van der Waals surface area contributed by atoms with E-state index in [0.29, 0.717) is 18.6 Å². The van der Waals surface area contributed by atoms with Gasteiger partial charge in [0.2, 0.25) is 0 Å². The Morgan fingerprint density at radius 3 is 2.60 bits per heavy atom. The molecule has 1 N–H and O–H groups in total. The zero-order valence-electron chi connectivity index (χ0n) is 14.3. The van der Waals surface area contributed by atoms with Gasteiger partial charge in [-0.1, -0.05) is 35.5 Å². The van der Waals surface area contributed by atoms with E-state index in [-0.39, 0.29) is 12.1 Å². The van der Waals surface area contributed by atoms with Gasteiger partial charge in [-0.25, -0.2) is 9.48 Å². The maximum atomic E-state index is 12.0. The molecule has 0 spiro atoms. The predicted molar refractivity (Wildman–Crippen MR) is 93.1 cm³/mol. The van der Waals surface area contributed by atoms with Gasteiger partial charge in [-0.2, -0.15) is 0 Å². The Hall–Kier alpha value is -2.37. The lowest BCUT2D eigenvalue weighted by Gasteiger charge is -2.28. The van der Waals surface area contributed by atoms with E-state index in [4.69, 9.17) is 4.74 Å². The Bertz CT molecular complexity index is 703. The highest BCUT2D eigenvalue weighted by Crippen LogP contribution is 2.39. The summed E-state index contributed by atoms with van der Waals surface area (Å²) in [6.45, 7) is 0.310. The summed E-state index contributed by atoms with van der Waals surface area (Å²) >= 11 is 0. The van der Waals surface area contributed by atoms with Crippen LogP contribution in [-0.2, 0) is 11.3 Å². The third-order valence-corrected chi connectivity index (χ3v) is 5.13. The van der Waals surface area contributed by atoms with E-state index in [9.17, 15) is 4.79 Å². The number of alkyl carbamates (subject to hydrolysis) is 1. The molecule has 132 valence electrons. The first-order chi connectivity index (χ1) is 12.3. The first-order valence-corrected chi connectivity index (χ1v) is 9.17. The van der Waals surface area contributed by atoms with Crippen LogP contribution in [0.4, 0.5) is 4.79 Å². The standard InChI is InChI=1S/C19H24N4O2/c24-19(25-13-14-4-2-1-3-5-14)20-16-8-10-17(11-9-16)23-12-18(21-22-23)15-6-7-15/h1-5,12,15-17H,6-11,13H2,(H,20,24). The van der Waals surface area contributed by atoms with Crippen LogP contribution in [0.1, 0.15) is 61.7 Å². The topological polar surface area (TPSA) is 69.0 Å². The van der Waals surface area contributed by atoms with Gasteiger partial charge in [-0.15, -0.1) is 5.10 Å². The zero-order chi connectivity index (χ0) is 17.1. The van der Waals surface area contributed by atoms with Gasteiger partial charge in [0.25, 0.3) is 0 Å². The number of hydrogen-bond acceptors (Lipinski definition) is 4. The van der Waals surface area contributed by atoms with Gasteiger partial charge in [-0.05, 0) is 44.1 Å². The number of amides is 1. The van der Waals surface area contributed by atoms with Crippen molar-refractivity contribution in [3.05, 3.63) is 47.8 Å². The Balaban J connectivity index is 1.21. The molecule has 0 aliphatic heterocycles. The van der Waals surface area contributed by atoms with E-state index in [2.05, 4.69) is 21.8 Å². The number of rotatable bonds is 5. The summed E-state index contributed by atoms with van der Waals surface area (Å²) in [7, 11) is 0. The third-order valence-electron chi connectivity index (χ3n) is 5.13. The number of nitrogens with zero attached hydrogens (tertiary/aromatic N) is 3. The smallest absolute Gasteiger partial charge is 0.407 e. The number of carbonyl (C=O) groups excluding carboxylic acids is 1. The highest BCUT2D eigenvalue weighted by Gasteiger charge is 2.29. The van der Waals surface area contributed by atoms with Gasteiger partial charge < -0.3 is 10.1 Å². The second-order valence-corrected chi connectivity index (χ2v) is 7.11. The van der Waals surface area contributed by atoms with Crippen molar-refractivity contribution in [3.8, 4) is 0 Å². The van der Waals surface area contributed by atoms with Crippen molar-refractivity contribution in [2.75, 3.05) is 0 Å². The van der Waals surface area contributed by atoms with E-state index in [1.807, 2.05) is 35.0 Å². The minimum atomic E-state index is -0.330. The molecule has 2 fully saturated rings. The predicted octanol–water partition coefficient (Wildman–Crippen LogP) is 3.57. The maximum absolute atomic E-state index is 12.0. The summed E-state index contributed by atoms with van der Waals surface area (Å²) in [5.74, 6) is 0.645. The fourth-order valence-corrected chi connectivity index (χ4v) is 3.45. The molecule has 25 heavy (non-hydrogen) atoms. The molecule has 1 amide bonds. The fraction of sp³-hybridized carbons (Fsp3) is 0.526. The molecule has 0 unspecified atom stereocenters. The number of ether oxygens (including phenoxy) is 1. The summed E-state index contributed by atoms with van der Waals surface area (Å²) in [6.07, 6.45) is 8.20. The van der Waals surface area contributed by atoms with Crippen LogP contribution >= 0.6 is 0 Å². The largest absolute Gasteiger partial charge is 0.445 e. The van der Waals surface area contributed by atoms with Crippen molar-refractivity contribution < 1.29 is 9.53 Å². The van der Waals surface area contributed by atoms with Gasteiger partial charge in [0.05, 0.1) is 11.7 Å². The molecule has 0 radical (unpaired) electrons. The van der Waals surface area contributed by atoms with Crippen LogP contribution < -0.4 is 5.32 Å². The Morgan fingerprint density at radius 2 is 1.88 bits per heavy atom. The summed E-state index contributed by atoms with van der Waals surface area (Å²) in [5, 5.41) is 11.6. The quantitative estimate of drug-likeness (QED) is 0.903. The Morgan fingerprint density at radius 1 is 1.12 bits per heavy atom. The lowest BCUT2D eigenvalue weighted by Crippen LogP contribution is -2.38. The van der Waals surface area contributed by atoms with Crippen LogP contribution in [0.5, 0.6) is 0 Å². The average Bonchev–Trinajstić information content (AvgIpc) is 3.39. The van der Waals surface area contributed by atoms with E-state index < -0.39 is 0 Å². The van der Waals surface area contributed by atoms with Crippen molar-refractivity contribution >= 4 is 6.09 Å². The maximum Gasteiger partial charge on any atom is 0.407 e. The molecule has 2 aliphatic rings. The van der Waals surface area contributed by atoms with Crippen LogP contribution in [0.3, 0.4) is 0 Å². The van der Waals surface area contributed by atoms with E-state index >= 15 is 0 Å². The molecule has 4 rings (SSSR count). The minimum absolute atomic E-state index is 0.186. The zero-order valence-corrected chi connectivity index (χ0v) is 14.3. The molecule has 2 aliphatic carbocycles. The number of aromatic nitrogens is 3. The molecule has 0 atom stereocenters. The number of hydrogen-bond donors (Lipinski definition) is 1. The molecular weight excluding hydrogens is 316 g/mol. The molecule has 1 heterocycles. The molecule has 2 saturated carbocycles. The first kappa shape index (κ1) is 16.1.